The van der Waals surface area contributed by atoms with Crippen LogP contribution in [0.3, 0.4) is 0 Å². The first-order chi connectivity index (χ1) is 12.5. The third-order valence-corrected chi connectivity index (χ3v) is 7.65. The number of sulfonamides is 2. The Morgan fingerprint density at radius 3 is 2.30 bits per heavy atom. The molecule has 0 aliphatic rings. The molecule has 2 aromatic carbocycles. The Morgan fingerprint density at radius 1 is 1.04 bits per heavy atom. The maximum absolute atomic E-state index is 12.6. The summed E-state index contributed by atoms with van der Waals surface area (Å²) in [6.07, 6.45) is 0. The summed E-state index contributed by atoms with van der Waals surface area (Å²) in [6, 6.07) is 8.18. The minimum absolute atomic E-state index is 0.0370. The maximum Gasteiger partial charge on any atom is 0.263 e. The van der Waals surface area contributed by atoms with Crippen LogP contribution in [0.25, 0.3) is 0 Å². The Kier molecular flexibility index (Phi) is 6.64. The van der Waals surface area contributed by atoms with E-state index in [0.717, 1.165) is 4.31 Å². The molecule has 0 saturated carbocycles. The van der Waals surface area contributed by atoms with Crippen molar-refractivity contribution in [2.75, 3.05) is 25.4 Å². The summed E-state index contributed by atoms with van der Waals surface area (Å²) in [5, 5.41) is -0.0409. The fourth-order valence-electron chi connectivity index (χ4n) is 2.15. The zero-order valence-corrected chi connectivity index (χ0v) is 17.9. The smallest absolute Gasteiger partial charge is 0.263 e. The van der Waals surface area contributed by atoms with Gasteiger partial charge in [0.2, 0.25) is 10.0 Å². The summed E-state index contributed by atoms with van der Waals surface area (Å²) in [5.74, 6) is 0.120. The zero-order chi connectivity index (χ0) is 20.4. The highest BCUT2D eigenvalue weighted by atomic mass is 35.5. The van der Waals surface area contributed by atoms with E-state index in [1.165, 1.54) is 50.5 Å². The largest absolute Gasteiger partial charge is 0.492 e. The quantitative estimate of drug-likeness (QED) is 0.694. The Hall–Kier alpha value is -1.52. The van der Waals surface area contributed by atoms with Crippen molar-refractivity contribution in [3.8, 4) is 5.75 Å². The number of hydrogen-bond acceptors (Lipinski definition) is 5. The normalized spacial score (nSPS) is 12.2. The molecule has 0 heterocycles. The lowest BCUT2D eigenvalue weighted by atomic mass is 10.3. The van der Waals surface area contributed by atoms with Crippen LogP contribution < -0.4 is 9.46 Å². The molecule has 0 aliphatic heterocycles. The number of anilines is 1. The molecule has 0 amide bonds. The lowest BCUT2D eigenvalue weighted by molar-refractivity contribution is 0.330. The van der Waals surface area contributed by atoms with Crippen LogP contribution in [0, 0.1) is 0 Å². The van der Waals surface area contributed by atoms with Gasteiger partial charge in [0.1, 0.15) is 15.5 Å². The van der Waals surface area contributed by atoms with Crippen molar-refractivity contribution in [1.82, 2.24) is 4.31 Å². The van der Waals surface area contributed by atoms with Crippen molar-refractivity contribution in [1.29, 1.82) is 0 Å². The van der Waals surface area contributed by atoms with E-state index in [-0.39, 0.29) is 37.9 Å². The molecule has 0 radical (unpaired) electrons. The van der Waals surface area contributed by atoms with Crippen molar-refractivity contribution >= 4 is 48.9 Å². The first-order valence-corrected chi connectivity index (χ1v) is 11.3. The van der Waals surface area contributed by atoms with Gasteiger partial charge in [0.15, 0.2) is 0 Å². The molecule has 0 fully saturated rings. The summed E-state index contributed by atoms with van der Waals surface area (Å²) in [5.41, 5.74) is 0.0370. The molecule has 0 aromatic heterocycles. The summed E-state index contributed by atoms with van der Waals surface area (Å²) in [7, 11) is -5.21. The van der Waals surface area contributed by atoms with E-state index in [9.17, 15) is 16.8 Å². The fraction of sp³-hybridized carbons (Fsp3) is 0.250. The molecule has 0 aliphatic carbocycles. The average Bonchev–Trinajstić information content (AvgIpc) is 2.58. The maximum atomic E-state index is 12.6. The molecule has 7 nitrogen and oxygen atoms in total. The molecule has 0 bridgehead atoms. The highest BCUT2D eigenvalue weighted by Crippen LogP contribution is 2.33. The second-order valence-corrected chi connectivity index (χ2v) is 10.1. The van der Waals surface area contributed by atoms with Crippen LogP contribution in [-0.2, 0) is 20.0 Å². The molecule has 0 spiro atoms. The van der Waals surface area contributed by atoms with Gasteiger partial charge in [-0.05, 0) is 37.3 Å². The van der Waals surface area contributed by atoms with Crippen molar-refractivity contribution in [2.24, 2.45) is 0 Å². The molecule has 0 unspecified atom stereocenters. The van der Waals surface area contributed by atoms with Crippen molar-refractivity contribution < 1.29 is 21.6 Å². The van der Waals surface area contributed by atoms with Gasteiger partial charge in [0, 0.05) is 14.1 Å². The van der Waals surface area contributed by atoms with Gasteiger partial charge >= 0.3 is 0 Å². The molecule has 11 heteroatoms. The predicted molar refractivity (Wildman–Crippen MR) is 106 cm³/mol. The van der Waals surface area contributed by atoms with Crippen LogP contribution in [-0.4, -0.2) is 41.8 Å². The third-order valence-electron chi connectivity index (χ3n) is 3.46. The molecular formula is C16H18Cl2N2O5S2. The summed E-state index contributed by atoms with van der Waals surface area (Å²) < 4.78 is 59.0. The van der Waals surface area contributed by atoms with E-state index in [0.29, 0.717) is 0 Å². The van der Waals surface area contributed by atoms with E-state index in [1.807, 2.05) is 0 Å². The van der Waals surface area contributed by atoms with Crippen molar-refractivity contribution in [3.63, 3.8) is 0 Å². The third kappa shape index (κ3) is 4.67. The average molecular weight is 453 g/mol. The van der Waals surface area contributed by atoms with Crippen molar-refractivity contribution in [2.45, 2.75) is 16.7 Å². The number of ether oxygens (including phenoxy) is 1. The van der Waals surface area contributed by atoms with Gasteiger partial charge in [-0.15, -0.1) is 0 Å². The van der Waals surface area contributed by atoms with Gasteiger partial charge in [-0.2, -0.15) is 0 Å². The summed E-state index contributed by atoms with van der Waals surface area (Å²) in [4.78, 5) is -0.380. The summed E-state index contributed by atoms with van der Waals surface area (Å²) >= 11 is 11.9. The van der Waals surface area contributed by atoms with E-state index in [2.05, 4.69) is 4.72 Å². The van der Waals surface area contributed by atoms with Gasteiger partial charge < -0.3 is 4.74 Å². The van der Waals surface area contributed by atoms with Gasteiger partial charge in [-0.1, -0.05) is 29.3 Å². The van der Waals surface area contributed by atoms with Crippen LogP contribution in [0.15, 0.2) is 46.2 Å². The second-order valence-electron chi connectivity index (χ2n) is 5.54. The summed E-state index contributed by atoms with van der Waals surface area (Å²) in [6.45, 7) is 1.96. The minimum atomic E-state index is -4.09. The number of benzene rings is 2. The molecule has 0 saturated heterocycles. The first-order valence-electron chi connectivity index (χ1n) is 7.67. The van der Waals surface area contributed by atoms with Crippen LogP contribution in [0.2, 0.25) is 10.0 Å². The first kappa shape index (κ1) is 21.8. The predicted octanol–water partition coefficient (Wildman–Crippen LogP) is 3.44. The van der Waals surface area contributed by atoms with Crippen molar-refractivity contribution in [3.05, 3.63) is 46.4 Å². The van der Waals surface area contributed by atoms with E-state index in [4.69, 9.17) is 27.9 Å². The fourth-order valence-corrected chi connectivity index (χ4v) is 5.01. The van der Waals surface area contributed by atoms with Crippen LogP contribution in [0.1, 0.15) is 6.92 Å². The highest BCUT2D eigenvalue weighted by molar-refractivity contribution is 7.93. The van der Waals surface area contributed by atoms with Crippen LogP contribution in [0.5, 0.6) is 5.75 Å². The number of hydrogen-bond donors (Lipinski definition) is 1. The molecular weight excluding hydrogens is 435 g/mol. The second kappa shape index (κ2) is 8.24. The molecule has 148 valence electrons. The topological polar surface area (TPSA) is 92.8 Å². The highest BCUT2D eigenvalue weighted by Gasteiger charge is 2.25. The van der Waals surface area contributed by atoms with E-state index in [1.54, 1.807) is 6.92 Å². The standard InChI is InChI=1S/C16H18Cl2N2O5S2/c1-4-25-13-9-8-11(10-15(13)27(23,24)20(2)3)19-26(21,22)14-7-5-6-12(17)16(14)18/h5-10,19H,4H2,1-3H3. The molecule has 2 rings (SSSR count). The number of nitrogens with one attached hydrogen (secondary N) is 1. The molecule has 27 heavy (non-hydrogen) atoms. The van der Waals surface area contributed by atoms with Crippen LogP contribution in [0.4, 0.5) is 5.69 Å². The monoisotopic (exact) mass is 452 g/mol. The van der Waals surface area contributed by atoms with Gasteiger partial charge in [0.25, 0.3) is 10.0 Å². The molecule has 0 atom stereocenters. The van der Waals surface area contributed by atoms with Gasteiger partial charge in [0.05, 0.1) is 22.3 Å². The Morgan fingerprint density at radius 2 is 1.70 bits per heavy atom. The Balaban J connectivity index is 2.53. The SMILES string of the molecule is CCOc1ccc(NS(=O)(=O)c2cccc(Cl)c2Cl)cc1S(=O)(=O)N(C)C. The van der Waals surface area contributed by atoms with Crippen LogP contribution >= 0.6 is 23.2 Å². The number of rotatable bonds is 7. The van der Waals surface area contributed by atoms with Gasteiger partial charge in [-0.25, -0.2) is 21.1 Å². The Bertz CT molecular complexity index is 1050. The van der Waals surface area contributed by atoms with E-state index < -0.39 is 20.0 Å². The van der Waals surface area contributed by atoms with E-state index >= 15 is 0 Å². The molecule has 2 aromatic rings. The lowest BCUT2D eigenvalue weighted by Crippen LogP contribution is -2.23. The van der Waals surface area contributed by atoms with Gasteiger partial charge in [-0.3, -0.25) is 4.72 Å². The lowest BCUT2D eigenvalue weighted by Gasteiger charge is -2.17. The Labute approximate surface area is 168 Å². The zero-order valence-electron chi connectivity index (χ0n) is 14.7. The minimum Gasteiger partial charge on any atom is -0.492 e. The number of nitrogens with zero attached hydrogens (tertiary/aromatic N) is 1. The molecule has 1 N–H and O–H groups in total. The number of halogens is 2.